The molecular weight excluding hydrogens is 217 g/mol. The Labute approximate surface area is 104 Å². The topological polar surface area (TPSA) is 46.2 Å². The van der Waals surface area contributed by atoms with E-state index in [1.54, 1.807) is 0 Å². The maximum Gasteiger partial charge on any atom is 0.145 e. The molecule has 0 atom stereocenters. The number of aliphatic hydroxyl groups excluding tert-OH is 1. The van der Waals surface area contributed by atoms with Crippen molar-refractivity contribution in [2.45, 2.75) is 47.0 Å². The van der Waals surface area contributed by atoms with Gasteiger partial charge in [0.25, 0.3) is 0 Å². The molecule has 17 heavy (non-hydrogen) atoms. The fourth-order valence-electron chi connectivity index (χ4n) is 1.74. The first kappa shape index (κ1) is 15.8. The van der Waals surface area contributed by atoms with Gasteiger partial charge in [0.05, 0.1) is 11.5 Å². The Bertz CT molecular complexity index is 313. The highest BCUT2D eigenvalue weighted by Gasteiger charge is 2.19. The lowest BCUT2D eigenvalue weighted by Gasteiger charge is -2.26. The van der Waals surface area contributed by atoms with Crippen molar-refractivity contribution in [3.05, 3.63) is 35.5 Å². The maximum atomic E-state index is 13.6. The fourth-order valence-corrected chi connectivity index (χ4v) is 1.74. The van der Waals surface area contributed by atoms with E-state index in [-0.39, 0.29) is 16.9 Å². The molecule has 0 rings (SSSR count). The van der Waals surface area contributed by atoms with Crippen LogP contribution in [0.25, 0.3) is 0 Å². The van der Waals surface area contributed by atoms with Crippen LogP contribution in [0.5, 0.6) is 0 Å². The molecule has 0 spiro atoms. The molecule has 0 unspecified atom stereocenters. The number of rotatable bonds is 6. The Hall–Kier alpha value is -1.25. The summed E-state index contributed by atoms with van der Waals surface area (Å²) in [6.07, 6.45) is 7.42. The second-order valence-corrected chi connectivity index (χ2v) is 4.35. The van der Waals surface area contributed by atoms with Crippen LogP contribution in [-0.2, 0) is 0 Å². The smallest absolute Gasteiger partial charge is 0.145 e. The Morgan fingerprint density at radius 3 is 2.06 bits per heavy atom. The zero-order valence-corrected chi connectivity index (χ0v) is 11.3. The van der Waals surface area contributed by atoms with Crippen LogP contribution >= 0.6 is 0 Å². The van der Waals surface area contributed by atoms with Gasteiger partial charge in [-0.1, -0.05) is 26.8 Å². The van der Waals surface area contributed by atoms with Crippen molar-refractivity contribution in [3.8, 4) is 0 Å². The zero-order valence-electron chi connectivity index (χ0n) is 11.3. The van der Waals surface area contributed by atoms with Crippen molar-refractivity contribution in [1.82, 2.24) is 0 Å². The molecule has 0 aromatic rings. The quantitative estimate of drug-likeness (QED) is 0.536. The van der Waals surface area contributed by atoms with Crippen LogP contribution in [-0.4, -0.2) is 5.11 Å². The van der Waals surface area contributed by atoms with Crippen molar-refractivity contribution in [3.63, 3.8) is 0 Å². The molecule has 0 aliphatic rings. The Morgan fingerprint density at radius 2 is 1.71 bits per heavy atom. The summed E-state index contributed by atoms with van der Waals surface area (Å²) >= 11 is 0. The van der Waals surface area contributed by atoms with Gasteiger partial charge in [0.15, 0.2) is 0 Å². The molecule has 0 aliphatic carbocycles. The summed E-state index contributed by atoms with van der Waals surface area (Å²) < 4.78 is 13.6. The zero-order chi connectivity index (χ0) is 13.5. The molecule has 2 nitrogen and oxygen atoms in total. The highest BCUT2D eigenvalue weighted by Crippen LogP contribution is 2.32. The largest absolute Gasteiger partial charge is 0.513 e. The molecule has 98 valence electrons. The molecule has 3 heteroatoms. The van der Waals surface area contributed by atoms with E-state index in [0.717, 1.165) is 19.3 Å². The van der Waals surface area contributed by atoms with Crippen LogP contribution < -0.4 is 5.73 Å². The second kappa shape index (κ2) is 7.15. The Kier molecular flexibility index (Phi) is 6.62. The third kappa shape index (κ3) is 5.07. The average Bonchev–Trinajstić information content (AvgIpc) is 2.30. The minimum absolute atomic E-state index is 0.00112. The number of aliphatic hydroxyl groups is 1. The molecule has 0 aromatic carbocycles. The molecule has 0 amide bonds. The van der Waals surface area contributed by atoms with Crippen LogP contribution in [0, 0.1) is 5.41 Å². The van der Waals surface area contributed by atoms with E-state index in [4.69, 9.17) is 10.8 Å². The van der Waals surface area contributed by atoms with E-state index >= 15 is 0 Å². The van der Waals surface area contributed by atoms with E-state index in [1.807, 2.05) is 6.08 Å². The third-order valence-electron chi connectivity index (χ3n) is 3.34. The van der Waals surface area contributed by atoms with E-state index in [9.17, 15) is 4.39 Å². The lowest BCUT2D eigenvalue weighted by molar-refractivity contribution is 0.338. The Balaban J connectivity index is 4.99. The number of hydrogen-bond donors (Lipinski definition) is 2. The van der Waals surface area contributed by atoms with Crippen molar-refractivity contribution < 1.29 is 9.50 Å². The average molecular weight is 241 g/mol. The van der Waals surface area contributed by atoms with Crippen molar-refractivity contribution in [2.24, 2.45) is 11.1 Å². The molecule has 0 aliphatic heterocycles. The summed E-state index contributed by atoms with van der Waals surface area (Å²) in [7, 11) is 0. The van der Waals surface area contributed by atoms with Crippen LogP contribution in [0.1, 0.15) is 47.0 Å². The molecule has 0 aromatic heterocycles. The summed E-state index contributed by atoms with van der Waals surface area (Å²) in [4.78, 5) is 0. The van der Waals surface area contributed by atoms with E-state index < -0.39 is 5.83 Å². The minimum atomic E-state index is -0.502. The molecule has 0 fully saturated rings. The van der Waals surface area contributed by atoms with Crippen LogP contribution in [0.15, 0.2) is 35.5 Å². The fraction of sp³-hybridized carbons (Fsp3) is 0.571. The van der Waals surface area contributed by atoms with E-state index in [2.05, 4.69) is 20.8 Å². The minimum Gasteiger partial charge on any atom is -0.513 e. The van der Waals surface area contributed by atoms with Crippen LogP contribution in [0.2, 0.25) is 0 Å². The normalized spacial score (nSPS) is 15.2. The van der Waals surface area contributed by atoms with Gasteiger partial charge in [-0.3, -0.25) is 0 Å². The molecule has 3 N–H and O–H groups in total. The number of halogens is 1. The lowest BCUT2D eigenvalue weighted by Crippen LogP contribution is -2.14. The second-order valence-electron chi connectivity index (χ2n) is 4.35. The Morgan fingerprint density at radius 1 is 1.24 bits per heavy atom. The first-order valence-electron chi connectivity index (χ1n) is 6.12. The highest BCUT2D eigenvalue weighted by molar-refractivity contribution is 5.27. The molecule has 0 heterocycles. The van der Waals surface area contributed by atoms with Crippen molar-refractivity contribution in [1.29, 1.82) is 0 Å². The third-order valence-corrected chi connectivity index (χ3v) is 3.34. The summed E-state index contributed by atoms with van der Waals surface area (Å²) in [5.41, 5.74) is 5.48. The standard InChI is InChI=1S/C14H24FNO/c1-5-14(6-2,7-3)9-8-12(15)13(16)10-11(4)17/h8-10,17H,5-7,16H2,1-4H3/b9-8+,11-10+,13-12-. The number of nitrogens with two attached hydrogens (primary N) is 1. The number of allylic oxidation sites excluding steroid dienone is 5. The first-order valence-corrected chi connectivity index (χ1v) is 6.12. The summed E-state index contributed by atoms with van der Waals surface area (Å²) in [6.45, 7) is 7.75. The van der Waals surface area contributed by atoms with Crippen molar-refractivity contribution >= 4 is 0 Å². The van der Waals surface area contributed by atoms with Gasteiger partial charge in [0, 0.05) is 6.08 Å². The lowest BCUT2D eigenvalue weighted by atomic mass is 9.79. The van der Waals surface area contributed by atoms with Crippen molar-refractivity contribution in [2.75, 3.05) is 0 Å². The number of hydrogen-bond acceptors (Lipinski definition) is 2. The molecule has 0 radical (unpaired) electrons. The van der Waals surface area contributed by atoms with Crippen LogP contribution in [0.3, 0.4) is 0 Å². The maximum absolute atomic E-state index is 13.6. The van der Waals surface area contributed by atoms with E-state index in [1.165, 1.54) is 19.1 Å². The summed E-state index contributed by atoms with van der Waals surface area (Å²) in [6, 6.07) is 0. The monoisotopic (exact) mass is 241 g/mol. The predicted octanol–water partition coefficient (Wildman–Crippen LogP) is 4.36. The highest BCUT2D eigenvalue weighted by atomic mass is 19.1. The first-order chi connectivity index (χ1) is 7.90. The van der Waals surface area contributed by atoms with Gasteiger partial charge in [0.2, 0.25) is 0 Å². The van der Waals surface area contributed by atoms with Crippen LogP contribution in [0.4, 0.5) is 4.39 Å². The van der Waals surface area contributed by atoms with Gasteiger partial charge in [-0.15, -0.1) is 0 Å². The van der Waals surface area contributed by atoms with E-state index in [0.29, 0.717) is 0 Å². The molecule has 0 saturated heterocycles. The van der Waals surface area contributed by atoms with Gasteiger partial charge in [-0.25, -0.2) is 4.39 Å². The predicted molar refractivity (Wildman–Crippen MR) is 71.2 cm³/mol. The molecule has 0 bridgehead atoms. The molecular formula is C14H24FNO. The summed E-state index contributed by atoms with van der Waals surface area (Å²) in [5.74, 6) is -0.503. The summed E-state index contributed by atoms with van der Waals surface area (Å²) in [5, 5.41) is 8.99. The van der Waals surface area contributed by atoms with Gasteiger partial charge in [-0.05, 0) is 37.7 Å². The van der Waals surface area contributed by atoms with Gasteiger partial charge in [0.1, 0.15) is 5.83 Å². The molecule has 0 saturated carbocycles. The van der Waals surface area contributed by atoms with Gasteiger partial charge >= 0.3 is 0 Å². The van der Waals surface area contributed by atoms with Gasteiger partial charge in [-0.2, -0.15) is 0 Å². The van der Waals surface area contributed by atoms with Gasteiger partial charge < -0.3 is 10.8 Å². The SMILES string of the molecule is CCC(/C=C/C(F)=C(N)\C=C(/C)O)(CC)CC.